The van der Waals surface area contributed by atoms with E-state index in [2.05, 4.69) is 4.74 Å². The van der Waals surface area contributed by atoms with Crippen molar-refractivity contribution in [1.29, 1.82) is 0 Å². The molecule has 2 unspecified atom stereocenters. The fourth-order valence-corrected chi connectivity index (χ4v) is 6.76. The summed E-state index contributed by atoms with van der Waals surface area (Å²) < 4.78 is 58.6. The predicted octanol–water partition coefficient (Wildman–Crippen LogP) is 7.18. The van der Waals surface area contributed by atoms with Crippen LogP contribution in [-0.2, 0) is 9.59 Å². The van der Waals surface area contributed by atoms with E-state index in [9.17, 15) is 31.9 Å². The monoisotopic (exact) mass is 688 g/mol. The Labute approximate surface area is 281 Å². The van der Waals surface area contributed by atoms with E-state index in [4.69, 9.17) is 11.6 Å². The van der Waals surface area contributed by atoms with E-state index in [1.165, 1.54) is 49.2 Å². The number of halogens is 5. The molecule has 0 bridgehead atoms. The van der Waals surface area contributed by atoms with Gasteiger partial charge in [0, 0.05) is 70.1 Å². The first-order valence-electron chi connectivity index (χ1n) is 15.7. The van der Waals surface area contributed by atoms with Crippen LogP contribution in [0.5, 0.6) is 5.75 Å². The zero-order valence-electron chi connectivity index (χ0n) is 26.8. The average Bonchev–Trinajstić information content (AvgIpc) is 3.07. The van der Waals surface area contributed by atoms with Crippen molar-refractivity contribution >= 4 is 35.1 Å². The summed E-state index contributed by atoms with van der Waals surface area (Å²) in [7, 11) is 2.95. The molecule has 0 saturated carbocycles. The number of urea groups is 1. The van der Waals surface area contributed by atoms with E-state index in [1.807, 2.05) is 0 Å². The second kappa shape index (κ2) is 14.4. The number of anilines is 1. The lowest BCUT2D eigenvalue weighted by molar-refractivity contribution is -0.274. The standard InChI is InChI=1S/C35H37ClF4N4O4/c1-22(45)43-17-14-25(15-18-43)33(46)44-19-16-30(29(21-44)24-6-11-28(37)12-7-24)41(2)34(47)42(3)31-20-26(23-4-9-27(36)10-5-23)8-13-32(31)48-35(38,39)40/h4-13,20,25,29-30H,14-19,21H2,1-3H3. The van der Waals surface area contributed by atoms with Crippen molar-refractivity contribution in [3.8, 4) is 16.9 Å². The highest BCUT2D eigenvalue weighted by Crippen LogP contribution is 2.38. The molecule has 0 radical (unpaired) electrons. The Bertz CT molecular complexity index is 1630. The number of hydrogen-bond acceptors (Lipinski definition) is 4. The maximum absolute atomic E-state index is 14.1. The Balaban J connectivity index is 1.40. The van der Waals surface area contributed by atoms with Gasteiger partial charge in [-0.1, -0.05) is 41.9 Å². The summed E-state index contributed by atoms with van der Waals surface area (Å²) in [5, 5.41) is 0.492. The van der Waals surface area contributed by atoms with Crippen molar-refractivity contribution in [3.05, 3.63) is 83.1 Å². The number of carbonyl (C=O) groups is 3. The molecule has 3 aromatic carbocycles. The number of alkyl halides is 3. The topological polar surface area (TPSA) is 73.4 Å². The van der Waals surface area contributed by atoms with Crippen LogP contribution < -0.4 is 9.64 Å². The summed E-state index contributed by atoms with van der Waals surface area (Å²) in [5.41, 5.74) is 1.84. The highest BCUT2D eigenvalue weighted by molar-refractivity contribution is 6.30. The molecule has 2 aliphatic rings. The first kappa shape index (κ1) is 35.0. The summed E-state index contributed by atoms with van der Waals surface area (Å²) >= 11 is 6.02. The van der Waals surface area contributed by atoms with Gasteiger partial charge in [-0.2, -0.15) is 0 Å². The van der Waals surface area contributed by atoms with Crippen LogP contribution in [0.2, 0.25) is 5.02 Å². The minimum Gasteiger partial charge on any atom is -0.404 e. The van der Waals surface area contributed by atoms with Gasteiger partial charge in [0.2, 0.25) is 11.8 Å². The number of likely N-dealkylation sites (tertiary alicyclic amines) is 2. The van der Waals surface area contributed by atoms with Crippen LogP contribution in [0.3, 0.4) is 0 Å². The highest BCUT2D eigenvalue weighted by atomic mass is 35.5. The number of piperidine rings is 2. The fourth-order valence-electron chi connectivity index (χ4n) is 6.63. The number of likely N-dealkylation sites (N-methyl/N-ethyl adjacent to an activating group) is 1. The van der Waals surface area contributed by atoms with Crippen molar-refractivity contribution < 1.29 is 36.7 Å². The zero-order valence-corrected chi connectivity index (χ0v) is 27.6. The van der Waals surface area contributed by atoms with Crippen LogP contribution >= 0.6 is 11.6 Å². The third-order valence-electron chi connectivity index (χ3n) is 9.29. The van der Waals surface area contributed by atoms with Gasteiger partial charge in [-0.3, -0.25) is 14.5 Å². The molecule has 2 atom stereocenters. The molecule has 0 aliphatic carbocycles. The summed E-state index contributed by atoms with van der Waals surface area (Å²) in [6.45, 7) is 3.14. The quantitative estimate of drug-likeness (QED) is 0.258. The van der Waals surface area contributed by atoms with Crippen LogP contribution in [-0.4, -0.2) is 85.2 Å². The molecule has 0 N–H and O–H groups in total. The molecular formula is C35H37ClF4N4O4. The van der Waals surface area contributed by atoms with Crippen LogP contribution in [0.1, 0.15) is 37.7 Å². The molecule has 3 aromatic rings. The van der Waals surface area contributed by atoms with Gasteiger partial charge in [-0.25, -0.2) is 9.18 Å². The van der Waals surface area contributed by atoms with Gasteiger partial charge >= 0.3 is 12.4 Å². The van der Waals surface area contributed by atoms with Crippen molar-refractivity contribution in [1.82, 2.24) is 14.7 Å². The molecule has 48 heavy (non-hydrogen) atoms. The summed E-state index contributed by atoms with van der Waals surface area (Å²) in [6.07, 6.45) is -3.50. The van der Waals surface area contributed by atoms with Gasteiger partial charge in [-0.15, -0.1) is 13.2 Å². The number of rotatable bonds is 6. The Kier molecular flexibility index (Phi) is 10.5. The molecule has 2 aliphatic heterocycles. The Morgan fingerprint density at radius 3 is 2.06 bits per heavy atom. The predicted molar refractivity (Wildman–Crippen MR) is 174 cm³/mol. The van der Waals surface area contributed by atoms with E-state index in [-0.39, 0.29) is 30.0 Å². The van der Waals surface area contributed by atoms with Gasteiger partial charge in [0.1, 0.15) is 5.82 Å². The summed E-state index contributed by atoms with van der Waals surface area (Å²) in [4.78, 5) is 45.6. The largest absolute Gasteiger partial charge is 0.573 e. The summed E-state index contributed by atoms with van der Waals surface area (Å²) in [6, 6.07) is 15.7. The molecule has 256 valence electrons. The molecule has 2 fully saturated rings. The molecule has 5 rings (SSSR count). The first-order valence-corrected chi connectivity index (χ1v) is 16.1. The molecular weight excluding hydrogens is 652 g/mol. The third-order valence-corrected chi connectivity index (χ3v) is 9.54. The lowest BCUT2D eigenvalue weighted by Crippen LogP contribution is -2.55. The molecule has 2 heterocycles. The van der Waals surface area contributed by atoms with Gasteiger partial charge in [0.25, 0.3) is 0 Å². The van der Waals surface area contributed by atoms with Gasteiger partial charge in [0.15, 0.2) is 5.75 Å². The number of ether oxygens (including phenoxy) is 1. The maximum Gasteiger partial charge on any atom is 0.573 e. The molecule has 4 amide bonds. The van der Waals surface area contributed by atoms with Gasteiger partial charge < -0.3 is 19.4 Å². The molecule has 0 spiro atoms. The van der Waals surface area contributed by atoms with E-state index >= 15 is 0 Å². The first-order chi connectivity index (χ1) is 22.7. The molecule has 2 saturated heterocycles. The van der Waals surface area contributed by atoms with Crippen LogP contribution in [0.4, 0.5) is 28.0 Å². The van der Waals surface area contributed by atoms with Crippen LogP contribution in [0, 0.1) is 11.7 Å². The van der Waals surface area contributed by atoms with E-state index in [0.29, 0.717) is 55.0 Å². The number of benzene rings is 3. The minimum atomic E-state index is -5.00. The Morgan fingerprint density at radius 1 is 0.854 bits per heavy atom. The van der Waals surface area contributed by atoms with Crippen molar-refractivity contribution in [2.75, 3.05) is 45.2 Å². The van der Waals surface area contributed by atoms with Crippen molar-refractivity contribution in [2.24, 2.45) is 5.92 Å². The van der Waals surface area contributed by atoms with Gasteiger partial charge in [-0.05, 0) is 72.4 Å². The van der Waals surface area contributed by atoms with Crippen LogP contribution in [0.15, 0.2) is 66.7 Å². The smallest absolute Gasteiger partial charge is 0.404 e. The number of hydrogen-bond donors (Lipinski definition) is 0. The SMILES string of the molecule is CC(=O)N1CCC(C(=O)N2CCC(N(C)C(=O)N(C)c3cc(-c4ccc(Cl)cc4)ccc3OC(F)(F)F)C(c3ccc(F)cc3)C2)CC1. The number of amides is 4. The number of carbonyl (C=O) groups excluding carboxylic acids is 3. The normalized spacial score (nSPS) is 18.8. The third kappa shape index (κ3) is 8.03. The van der Waals surface area contributed by atoms with Crippen molar-refractivity contribution in [2.45, 2.75) is 44.5 Å². The fraction of sp³-hybridized carbons (Fsp3) is 0.400. The Morgan fingerprint density at radius 2 is 1.46 bits per heavy atom. The van der Waals surface area contributed by atoms with Gasteiger partial charge in [0.05, 0.1) is 5.69 Å². The van der Waals surface area contributed by atoms with E-state index < -0.39 is 35.9 Å². The lowest BCUT2D eigenvalue weighted by atomic mass is 9.84. The molecule has 0 aromatic heterocycles. The van der Waals surface area contributed by atoms with E-state index in [1.54, 1.807) is 53.2 Å². The molecule has 8 nitrogen and oxygen atoms in total. The summed E-state index contributed by atoms with van der Waals surface area (Å²) in [5.74, 6) is -1.67. The highest BCUT2D eigenvalue weighted by Gasteiger charge is 2.40. The lowest BCUT2D eigenvalue weighted by Gasteiger charge is -2.45. The second-order valence-electron chi connectivity index (χ2n) is 12.3. The average molecular weight is 689 g/mol. The van der Waals surface area contributed by atoms with E-state index in [0.717, 1.165) is 10.5 Å². The maximum atomic E-state index is 14.1. The van der Waals surface area contributed by atoms with Crippen molar-refractivity contribution in [3.63, 3.8) is 0 Å². The molecule has 13 heteroatoms. The minimum absolute atomic E-state index is 0.0236. The second-order valence-corrected chi connectivity index (χ2v) is 12.7. The zero-order chi connectivity index (χ0) is 34.7. The Hall–Kier alpha value is -4.32. The van der Waals surface area contributed by atoms with Crippen LogP contribution in [0.25, 0.3) is 11.1 Å². The number of nitrogens with zero attached hydrogens (tertiary/aromatic N) is 4.